The average Bonchev–Trinajstić information content (AvgIpc) is 2.33. The predicted octanol–water partition coefficient (Wildman–Crippen LogP) is 1.92. The Kier molecular flexibility index (Phi) is 5.45. The Bertz CT molecular complexity index is 406. The summed E-state index contributed by atoms with van der Waals surface area (Å²) in [6.45, 7) is 4.80. The van der Waals surface area contributed by atoms with Crippen LogP contribution in [0.2, 0.25) is 0 Å². The molecule has 0 spiro atoms. The Balaban J connectivity index is 2.97. The summed E-state index contributed by atoms with van der Waals surface area (Å²) < 4.78 is 5.24. The number of aromatic hydroxyl groups is 1. The first-order valence-electron chi connectivity index (χ1n) is 6.02. The number of carboxylic acids is 1. The standard InChI is InChI=1S/C13H19NO4/c1-3-7-14-12(13(16)17)9-5-6-10(15)11(8-9)18-4-2/h5-6,8,12,14-15H,3-4,7H2,1-2H3,(H,16,17). The number of phenolic OH excluding ortho intramolecular Hbond substituents is 1. The number of phenols is 1. The number of ether oxygens (including phenoxy) is 1. The van der Waals surface area contributed by atoms with Crippen LogP contribution in [0.25, 0.3) is 0 Å². The van der Waals surface area contributed by atoms with Gasteiger partial charge in [0.1, 0.15) is 6.04 Å². The number of hydrogen-bond acceptors (Lipinski definition) is 4. The van der Waals surface area contributed by atoms with Crippen LogP contribution in [0.1, 0.15) is 31.9 Å². The Labute approximate surface area is 106 Å². The molecule has 0 aromatic heterocycles. The van der Waals surface area contributed by atoms with Gasteiger partial charge in [0.15, 0.2) is 11.5 Å². The van der Waals surface area contributed by atoms with Crippen molar-refractivity contribution in [3.8, 4) is 11.5 Å². The van der Waals surface area contributed by atoms with E-state index in [1.54, 1.807) is 19.1 Å². The van der Waals surface area contributed by atoms with Gasteiger partial charge in [-0.1, -0.05) is 13.0 Å². The molecule has 1 aromatic rings. The third kappa shape index (κ3) is 3.63. The van der Waals surface area contributed by atoms with Gasteiger partial charge in [-0.05, 0) is 37.6 Å². The number of rotatable bonds is 7. The van der Waals surface area contributed by atoms with Gasteiger partial charge >= 0.3 is 5.97 Å². The van der Waals surface area contributed by atoms with Crippen LogP contribution >= 0.6 is 0 Å². The van der Waals surface area contributed by atoms with Crippen molar-refractivity contribution in [2.45, 2.75) is 26.3 Å². The second-order valence-corrected chi connectivity index (χ2v) is 3.89. The molecule has 100 valence electrons. The Hall–Kier alpha value is -1.75. The van der Waals surface area contributed by atoms with E-state index in [0.29, 0.717) is 24.5 Å². The van der Waals surface area contributed by atoms with Crippen molar-refractivity contribution in [3.05, 3.63) is 23.8 Å². The monoisotopic (exact) mass is 253 g/mol. The molecule has 1 atom stereocenters. The molecular formula is C13H19NO4. The third-order valence-corrected chi connectivity index (χ3v) is 2.46. The van der Waals surface area contributed by atoms with Gasteiger partial charge in [-0.2, -0.15) is 0 Å². The zero-order valence-corrected chi connectivity index (χ0v) is 10.6. The maximum Gasteiger partial charge on any atom is 0.325 e. The number of benzene rings is 1. The topological polar surface area (TPSA) is 78.8 Å². The lowest BCUT2D eigenvalue weighted by molar-refractivity contribution is -0.139. The zero-order chi connectivity index (χ0) is 13.5. The van der Waals surface area contributed by atoms with Crippen molar-refractivity contribution in [3.63, 3.8) is 0 Å². The van der Waals surface area contributed by atoms with Crippen LogP contribution in [0.4, 0.5) is 0 Å². The average molecular weight is 253 g/mol. The van der Waals surface area contributed by atoms with Gasteiger partial charge < -0.3 is 20.3 Å². The predicted molar refractivity (Wildman–Crippen MR) is 67.9 cm³/mol. The maximum absolute atomic E-state index is 11.2. The third-order valence-electron chi connectivity index (χ3n) is 2.46. The van der Waals surface area contributed by atoms with E-state index in [1.807, 2.05) is 6.92 Å². The fourth-order valence-electron chi connectivity index (χ4n) is 1.62. The van der Waals surface area contributed by atoms with E-state index in [0.717, 1.165) is 6.42 Å². The highest BCUT2D eigenvalue weighted by atomic mass is 16.5. The minimum atomic E-state index is -0.948. The summed E-state index contributed by atoms with van der Waals surface area (Å²) in [5, 5.41) is 21.7. The lowest BCUT2D eigenvalue weighted by atomic mass is 10.1. The van der Waals surface area contributed by atoms with Gasteiger partial charge in [0.25, 0.3) is 0 Å². The summed E-state index contributed by atoms with van der Waals surface area (Å²) in [4.78, 5) is 11.2. The Morgan fingerprint density at radius 3 is 2.72 bits per heavy atom. The van der Waals surface area contributed by atoms with Crippen molar-refractivity contribution in [1.82, 2.24) is 5.32 Å². The minimum absolute atomic E-state index is 0.0141. The van der Waals surface area contributed by atoms with Crippen molar-refractivity contribution in [2.75, 3.05) is 13.2 Å². The van der Waals surface area contributed by atoms with E-state index in [2.05, 4.69) is 5.32 Å². The summed E-state index contributed by atoms with van der Waals surface area (Å²) in [6.07, 6.45) is 0.847. The summed E-state index contributed by atoms with van der Waals surface area (Å²) in [5.74, 6) is -0.628. The largest absolute Gasteiger partial charge is 0.504 e. The highest BCUT2D eigenvalue weighted by Gasteiger charge is 2.20. The molecule has 0 aliphatic carbocycles. The molecular weight excluding hydrogens is 234 g/mol. The maximum atomic E-state index is 11.2. The van der Waals surface area contributed by atoms with Gasteiger partial charge in [-0.25, -0.2) is 0 Å². The van der Waals surface area contributed by atoms with E-state index >= 15 is 0 Å². The molecule has 1 unspecified atom stereocenters. The molecule has 0 heterocycles. The van der Waals surface area contributed by atoms with Crippen LogP contribution in [-0.4, -0.2) is 29.3 Å². The van der Waals surface area contributed by atoms with Crippen LogP contribution in [0, 0.1) is 0 Å². The van der Waals surface area contributed by atoms with E-state index in [-0.39, 0.29) is 5.75 Å². The number of nitrogens with one attached hydrogen (secondary N) is 1. The van der Waals surface area contributed by atoms with Crippen molar-refractivity contribution < 1.29 is 19.7 Å². The summed E-state index contributed by atoms with van der Waals surface area (Å²) in [7, 11) is 0. The number of carbonyl (C=O) groups is 1. The lowest BCUT2D eigenvalue weighted by Gasteiger charge is -2.16. The minimum Gasteiger partial charge on any atom is -0.504 e. The molecule has 0 radical (unpaired) electrons. The van der Waals surface area contributed by atoms with Crippen molar-refractivity contribution >= 4 is 5.97 Å². The highest BCUT2D eigenvalue weighted by Crippen LogP contribution is 2.29. The summed E-state index contributed by atoms with van der Waals surface area (Å²) >= 11 is 0. The molecule has 0 fully saturated rings. The number of aliphatic carboxylic acids is 1. The molecule has 3 N–H and O–H groups in total. The van der Waals surface area contributed by atoms with Gasteiger partial charge in [-0.3, -0.25) is 4.79 Å². The van der Waals surface area contributed by atoms with Gasteiger partial charge in [0.05, 0.1) is 6.61 Å². The Morgan fingerprint density at radius 2 is 2.17 bits per heavy atom. The smallest absolute Gasteiger partial charge is 0.325 e. The molecule has 0 saturated carbocycles. The van der Waals surface area contributed by atoms with Crippen molar-refractivity contribution in [1.29, 1.82) is 0 Å². The molecule has 0 amide bonds. The van der Waals surface area contributed by atoms with Crippen LogP contribution in [0.3, 0.4) is 0 Å². The van der Waals surface area contributed by atoms with Crippen LogP contribution < -0.4 is 10.1 Å². The molecule has 1 rings (SSSR count). The van der Waals surface area contributed by atoms with Crippen molar-refractivity contribution in [2.24, 2.45) is 0 Å². The quantitative estimate of drug-likeness (QED) is 0.692. The number of hydrogen-bond donors (Lipinski definition) is 3. The van der Waals surface area contributed by atoms with Crippen LogP contribution in [0.15, 0.2) is 18.2 Å². The first-order chi connectivity index (χ1) is 8.60. The first kappa shape index (κ1) is 14.3. The normalized spacial score (nSPS) is 12.1. The molecule has 0 saturated heterocycles. The van der Waals surface area contributed by atoms with E-state index in [9.17, 15) is 15.0 Å². The van der Waals surface area contributed by atoms with Crippen LogP contribution in [0.5, 0.6) is 11.5 Å². The van der Waals surface area contributed by atoms with Gasteiger partial charge in [0.2, 0.25) is 0 Å². The molecule has 5 heteroatoms. The number of carboxylic acid groups (broad SMARTS) is 1. The summed E-state index contributed by atoms with van der Waals surface area (Å²) in [6, 6.07) is 3.80. The first-order valence-corrected chi connectivity index (χ1v) is 6.02. The molecule has 5 nitrogen and oxygen atoms in total. The SMILES string of the molecule is CCCNC(C(=O)O)c1ccc(O)c(OCC)c1. The Morgan fingerprint density at radius 1 is 1.44 bits per heavy atom. The van der Waals surface area contributed by atoms with Crippen LogP contribution in [-0.2, 0) is 4.79 Å². The lowest BCUT2D eigenvalue weighted by Crippen LogP contribution is -2.29. The van der Waals surface area contributed by atoms with Gasteiger partial charge in [-0.15, -0.1) is 0 Å². The fraction of sp³-hybridized carbons (Fsp3) is 0.462. The van der Waals surface area contributed by atoms with E-state index < -0.39 is 12.0 Å². The van der Waals surface area contributed by atoms with E-state index in [1.165, 1.54) is 6.07 Å². The molecule has 18 heavy (non-hydrogen) atoms. The second-order valence-electron chi connectivity index (χ2n) is 3.89. The van der Waals surface area contributed by atoms with Gasteiger partial charge in [0, 0.05) is 0 Å². The molecule has 0 bridgehead atoms. The fourth-order valence-corrected chi connectivity index (χ4v) is 1.62. The van der Waals surface area contributed by atoms with E-state index in [4.69, 9.17) is 4.74 Å². The summed E-state index contributed by atoms with van der Waals surface area (Å²) in [5.41, 5.74) is 0.567. The molecule has 0 aliphatic heterocycles. The highest BCUT2D eigenvalue weighted by molar-refractivity contribution is 5.76. The molecule has 1 aromatic carbocycles. The second kappa shape index (κ2) is 6.86. The molecule has 0 aliphatic rings. The zero-order valence-electron chi connectivity index (χ0n) is 10.6.